The van der Waals surface area contributed by atoms with E-state index in [1.807, 2.05) is 0 Å². The van der Waals surface area contributed by atoms with Crippen LogP contribution in [0.3, 0.4) is 0 Å². The fraction of sp³-hybridized carbons (Fsp3) is 1.00. The summed E-state index contributed by atoms with van der Waals surface area (Å²) in [5.74, 6) is 0. The minimum absolute atomic E-state index is 0.0867. The molecule has 1 nitrogen and oxygen atoms in total. The van der Waals surface area contributed by atoms with Crippen molar-refractivity contribution in [1.29, 1.82) is 0 Å². The lowest BCUT2D eigenvalue weighted by Crippen LogP contribution is -2.34. The van der Waals surface area contributed by atoms with Crippen LogP contribution in [0.1, 0.15) is 78.6 Å². The minimum atomic E-state index is 0.0867. The van der Waals surface area contributed by atoms with Gasteiger partial charge in [-0.2, -0.15) is 0 Å². The quantitative estimate of drug-likeness (QED) is 0.552. The van der Waals surface area contributed by atoms with E-state index in [0.717, 1.165) is 6.42 Å². The Morgan fingerprint density at radius 1 is 0.857 bits per heavy atom. The van der Waals surface area contributed by atoms with Gasteiger partial charge in [-0.3, -0.25) is 0 Å². The summed E-state index contributed by atoms with van der Waals surface area (Å²) in [6.45, 7) is 6.62. The van der Waals surface area contributed by atoms with E-state index in [1.165, 1.54) is 51.4 Å². The Kier molecular flexibility index (Phi) is 8.26. The van der Waals surface area contributed by atoms with Gasteiger partial charge >= 0.3 is 0 Å². The van der Waals surface area contributed by atoms with Gasteiger partial charge in [0, 0.05) is 5.54 Å². The second-order valence-electron chi connectivity index (χ2n) is 4.88. The summed E-state index contributed by atoms with van der Waals surface area (Å²) in [7, 11) is 0. The third-order valence-electron chi connectivity index (χ3n) is 3.16. The van der Waals surface area contributed by atoms with Crippen LogP contribution in [0.4, 0.5) is 0 Å². The molecular weight excluding hydrogens is 170 g/mol. The number of unbranched alkanes of at least 4 members (excludes halogenated alkanes) is 6. The first-order chi connectivity index (χ1) is 6.62. The maximum absolute atomic E-state index is 6.08. The highest BCUT2D eigenvalue weighted by Crippen LogP contribution is 2.16. The highest BCUT2D eigenvalue weighted by molar-refractivity contribution is 4.75. The average Bonchev–Trinajstić information content (AvgIpc) is 2.16. The Hall–Kier alpha value is -0.0400. The van der Waals surface area contributed by atoms with Crippen molar-refractivity contribution in [2.75, 3.05) is 0 Å². The Balaban J connectivity index is 3.13. The summed E-state index contributed by atoms with van der Waals surface area (Å²) < 4.78 is 0. The van der Waals surface area contributed by atoms with Crippen LogP contribution in [0.2, 0.25) is 0 Å². The second-order valence-corrected chi connectivity index (χ2v) is 4.88. The number of rotatable bonds is 9. The zero-order chi connectivity index (χ0) is 10.9. The molecule has 1 atom stereocenters. The van der Waals surface area contributed by atoms with Crippen molar-refractivity contribution in [3.05, 3.63) is 0 Å². The molecule has 0 radical (unpaired) electrons. The van der Waals surface area contributed by atoms with E-state index in [9.17, 15) is 0 Å². The first-order valence-corrected chi connectivity index (χ1v) is 6.41. The minimum Gasteiger partial charge on any atom is -0.325 e. The monoisotopic (exact) mass is 199 g/mol. The van der Waals surface area contributed by atoms with Gasteiger partial charge in [-0.25, -0.2) is 0 Å². The molecule has 2 N–H and O–H groups in total. The molecule has 0 fully saturated rings. The Bertz CT molecular complexity index is 118. The van der Waals surface area contributed by atoms with Gasteiger partial charge in [0.25, 0.3) is 0 Å². The molecule has 0 saturated heterocycles. The van der Waals surface area contributed by atoms with Gasteiger partial charge in [-0.1, -0.05) is 58.8 Å². The fourth-order valence-corrected chi connectivity index (χ4v) is 1.66. The lowest BCUT2D eigenvalue weighted by atomic mass is 9.92. The molecule has 0 aromatic carbocycles. The molecule has 0 aromatic heterocycles. The van der Waals surface area contributed by atoms with Crippen molar-refractivity contribution < 1.29 is 0 Å². The summed E-state index contributed by atoms with van der Waals surface area (Å²) in [4.78, 5) is 0. The van der Waals surface area contributed by atoms with Gasteiger partial charge in [-0.05, 0) is 19.8 Å². The molecule has 1 unspecified atom stereocenters. The topological polar surface area (TPSA) is 26.0 Å². The van der Waals surface area contributed by atoms with Gasteiger partial charge in [0.15, 0.2) is 0 Å². The molecule has 0 heterocycles. The van der Waals surface area contributed by atoms with Gasteiger partial charge in [0.05, 0.1) is 0 Å². The maximum atomic E-state index is 6.08. The van der Waals surface area contributed by atoms with E-state index in [4.69, 9.17) is 5.73 Å². The number of nitrogens with two attached hydrogens (primary N) is 1. The Morgan fingerprint density at radius 3 is 1.86 bits per heavy atom. The lowest BCUT2D eigenvalue weighted by molar-refractivity contribution is 0.394. The third-order valence-corrected chi connectivity index (χ3v) is 3.16. The van der Waals surface area contributed by atoms with E-state index < -0.39 is 0 Å². The SMILES string of the molecule is CCCCCCCCCC(C)(N)CC. The van der Waals surface area contributed by atoms with Crippen LogP contribution in [0.15, 0.2) is 0 Å². The number of hydrogen-bond donors (Lipinski definition) is 1. The molecule has 0 aromatic rings. The van der Waals surface area contributed by atoms with E-state index in [-0.39, 0.29) is 5.54 Å². The van der Waals surface area contributed by atoms with Crippen LogP contribution in [-0.4, -0.2) is 5.54 Å². The standard InChI is InChI=1S/C13H29N/c1-4-6-7-8-9-10-11-12-13(3,14)5-2/h4-12,14H2,1-3H3. The second kappa shape index (κ2) is 8.28. The first kappa shape index (κ1) is 14.0. The lowest BCUT2D eigenvalue weighted by Gasteiger charge is -2.22. The molecule has 14 heavy (non-hydrogen) atoms. The maximum Gasteiger partial charge on any atom is 0.0123 e. The van der Waals surface area contributed by atoms with E-state index in [0.29, 0.717) is 0 Å². The largest absolute Gasteiger partial charge is 0.325 e. The van der Waals surface area contributed by atoms with Crippen LogP contribution in [0.25, 0.3) is 0 Å². The average molecular weight is 199 g/mol. The van der Waals surface area contributed by atoms with Crippen LogP contribution >= 0.6 is 0 Å². The van der Waals surface area contributed by atoms with Crippen LogP contribution < -0.4 is 5.73 Å². The predicted octanol–water partition coefficient (Wildman–Crippen LogP) is 4.25. The normalized spacial score (nSPS) is 15.4. The summed E-state index contributed by atoms with van der Waals surface area (Å²) in [5, 5.41) is 0. The van der Waals surface area contributed by atoms with Crippen molar-refractivity contribution in [3.8, 4) is 0 Å². The van der Waals surface area contributed by atoms with Gasteiger partial charge in [0.1, 0.15) is 0 Å². The smallest absolute Gasteiger partial charge is 0.0123 e. The van der Waals surface area contributed by atoms with Gasteiger partial charge < -0.3 is 5.73 Å². The van der Waals surface area contributed by atoms with Crippen molar-refractivity contribution in [2.24, 2.45) is 5.73 Å². The highest BCUT2D eigenvalue weighted by atomic mass is 14.7. The third kappa shape index (κ3) is 8.55. The highest BCUT2D eigenvalue weighted by Gasteiger charge is 2.13. The molecule has 86 valence electrons. The molecule has 1 heteroatoms. The van der Waals surface area contributed by atoms with Crippen molar-refractivity contribution in [2.45, 2.75) is 84.1 Å². The molecule has 0 aliphatic heterocycles. The summed E-state index contributed by atoms with van der Waals surface area (Å²) in [6, 6.07) is 0. The molecular formula is C13H29N. The van der Waals surface area contributed by atoms with E-state index >= 15 is 0 Å². The summed E-state index contributed by atoms with van der Waals surface area (Å²) in [6.07, 6.45) is 12.0. The number of hydrogen-bond acceptors (Lipinski definition) is 1. The summed E-state index contributed by atoms with van der Waals surface area (Å²) >= 11 is 0. The predicted molar refractivity (Wildman–Crippen MR) is 65.5 cm³/mol. The molecule has 0 amide bonds. The molecule has 0 bridgehead atoms. The zero-order valence-electron chi connectivity index (χ0n) is 10.4. The van der Waals surface area contributed by atoms with Crippen LogP contribution in [0, 0.1) is 0 Å². The summed E-state index contributed by atoms with van der Waals surface area (Å²) in [5.41, 5.74) is 6.17. The molecule has 0 aliphatic carbocycles. The van der Waals surface area contributed by atoms with Gasteiger partial charge in [0.2, 0.25) is 0 Å². The van der Waals surface area contributed by atoms with E-state index in [1.54, 1.807) is 0 Å². The van der Waals surface area contributed by atoms with E-state index in [2.05, 4.69) is 20.8 Å². The molecule has 0 aliphatic rings. The molecule has 0 saturated carbocycles. The Labute approximate surface area is 90.5 Å². The van der Waals surface area contributed by atoms with Crippen LogP contribution in [-0.2, 0) is 0 Å². The van der Waals surface area contributed by atoms with Crippen molar-refractivity contribution in [3.63, 3.8) is 0 Å². The molecule has 0 spiro atoms. The fourth-order valence-electron chi connectivity index (χ4n) is 1.66. The van der Waals surface area contributed by atoms with Crippen LogP contribution in [0.5, 0.6) is 0 Å². The molecule has 0 rings (SSSR count). The first-order valence-electron chi connectivity index (χ1n) is 6.41. The van der Waals surface area contributed by atoms with Crippen molar-refractivity contribution >= 4 is 0 Å². The van der Waals surface area contributed by atoms with Crippen molar-refractivity contribution in [1.82, 2.24) is 0 Å². The van der Waals surface area contributed by atoms with Gasteiger partial charge in [-0.15, -0.1) is 0 Å². The zero-order valence-corrected chi connectivity index (χ0v) is 10.4. The Morgan fingerprint density at radius 2 is 1.36 bits per heavy atom.